The van der Waals surface area contributed by atoms with Gasteiger partial charge in [-0.1, -0.05) is 48.5 Å². The molecule has 0 aliphatic carbocycles. The number of halogens is 1. The zero-order chi connectivity index (χ0) is 29.2. The quantitative estimate of drug-likeness (QED) is 0.195. The van der Waals surface area contributed by atoms with Crippen LogP contribution >= 0.6 is 0 Å². The molecule has 1 aliphatic heterocycles. The van der Waals surface area contributed by atoms with Crippen LogP contribution in [0.4, 0.5) is 4.39 Å². The van der Waals surface area contributed by atoms with Crippen molar-refractivity contribution in [3.8, 4) is 22.6 Å². The van der Waals surface area contributed by atoms with Crippen LogP contribution in [0.3, 0.4) is 0 Å². The molecule has 4 aromatic carbocycles. The van der Waals surface area contributed by atoms with Crippen LogP contribution in [-0.4, -0.2) is 35.0 Å². The zero-order valence-electron chi connectivity index (χ0n) is 23.3. The van der Waals surface area contributed by atoms with Gasteiger partial charge >= 0.3 is 5.97 Å². The highest BCUT2D eigenvalue weighted by atomic mass is 19.1. The molecule has 210 valence electrons. The highest BCUT2D eigenvalue weighted by Crippen LogP contribution is 2.46. The van der Waals surface area contributed by atoms with E-state index in [2.05, 4.69) is 4.57 Å². The van der Waals surface area contributed by atoms with Gasteiger partial charge in [0.2, 0.25) is 5.91 Å². The summed E-state index contributed by atoms with van der Waals surface area (Å²) < 4.78 is 27.6. The first-order valence-corrected chi connectivity index (χ1v) is 13.7. The lowest BCUT2D eigenvalue weighted by Crippen LogP contribution is -2.19. The third kappa shape index (κ3) is 5.05. The number of esters is 1. The second-order valence-corrected chi connectivity index (χ2v) is 10.1. The molecular weight excluding hydrogens is 531 g/mol. The van der Waals surface area contributed by atoms with Crippen LogP contribution < -0.4 is 4.74 Å². The Morgan fingerprint density at radius 3 is 2.38 bits per heavy atom. The van der Waals surface area contributed by atoms with Crippen LogP contribution in [0.2, 0.25) is 0 Å². The van der Waals surface area contributed by atoms with E-state index in [4.69, 9.17) is 9.47 Å². The molecule has 42 heavy (non-hydrogen) atoms. The molecule has 0 radical (unpaired) electrons. The smallest absolute Gasteiger partial charge is 0.337 e. The Morgan fingerprint density at radius 2 is 1.67 bits per heavy atom. The molecular formula is C35H29FN2O4. The highest BCUT2D eigenvalue weighted by Gasteiger charge is 2.28. The van der Waals surface area contributed by atoms with Crippen molar-refractivity contribution in [2.45, 2.75) is 20.0 Å². The average molecular weight is 561 g/mol. The van der Waals surface area contributed by atoms with Crippen molar-refractivity contribution in [2.24, 2.45) is 0 Å². The van der Waals surface area contributed by atoms with E-state index < -0.39 is 5.97 Å². The van der Waals surface area contributed by atoms with Gasteiger partial charge in [0.1, 0.15) is 18.2 Å². The molecule has 0 fully saturated rings. The van der Waals surface area contributed by atoms with Crippen molar-refractivity contribution in [3.63, 3.8) is 0 Å². The lowest BCUT2D eigenvalue weighted by Gasteiger charge is -2.14. The lowest BCUT2D eigenvalue weighted by molar-refractivity contribution is -0.125. The summed E-state index contributed by atoms with van der Waals surface area (Å²) in [5.74, 6) is -0.156. The number of methoxy groups -OCH3 is 1. The SMILES string of the molecule is COC(=O)c1cccc(-c2c(C3=CN(C(C)=O)CC3)n(-c3ccc(F)cc3)c3cccc(OCc4ccccc4)c23)c1. The maximum Gasteiger partial charge on any atom is 0.337 e. The summed E-state index contributed by atoms with van der Waals surface area (Å²) in [4.78, 5) is 26.6. The molecule has 2 heterocycles. The van der Waals surface area contributed by atoms with Gasteiger partial charge in [-0.25, -0.2) is 9.18 Å². The minimum atomic E-state index is -0.441. The number of fused-ring (bicyclic) bond motifs is 1. The van der Waals surface area contributed by atoms with Crippen molar-refractivity contribution < 1.29 is 23.5 Å². The van der Waals surface area contributed by atoms with Crippen LogP contribution in [0.25, 0.3) is 33.3 Å². The normalized spacial score (nSPS) is 12.8. The van der Waals surface area contributed by atoms with Crippen molar-refractivity contribution >= 4 is 28.4 Å². The summed E-state index contributed by atoms with van der Waals surface area (Å²) in [6.07, 6.45) is 2.51. The third-order valence-corrected chi connectivity index (χ3v) is 7.49. The van der Waals surface area contributed by atoms with Gasteiger partial charge in [0.05, 0.1) is 29.3 Å². The van der Waals surface area contributed by atoms with E-state index >= 15 is 0 Å². The minimum Gasteiger partial charge on any atom is -0.488 e. The van der Waals surface area contributed by atoms with Gasteiger partial charge in [0.25, 0.3) is 0 Å². The van der Waals surface area contributed by atoms with E-state index in [0.717, 1.165) is 44.5 Å². The Bertz CT molecular complexity index is 1820. The topological polar surface area (TPSA) is 60.8 Å². The summed E-state index contributed by atoms with van der Waals surface area (Å²) >= 11 is 0. The van der Waals surface area contributed by atoms with Gasteiger partial charge in [-0.15, -0.1) is 0 Å². The van der Waals surface area contributed by atoms with E-state index in [-0.39, 0.29) is 11.7 Å². The molecule has 0 bridgehead atoms. The summed E-state index contributed by atoms with van der Waals surface area (Å²) in [5.41, 5.74) is 6.47. The predicted molar refractivity (Wildman–Crippen MR) is 161 cm³/mol. The molecule has 0 saturated heterocycles. The van der Waals surface area contributed by atoms with Crippen LogP contribution in [0, 0.1) is 5.82 Å². The van der Waals surface area contributed by atoms with Crippen molar-refractivity contribution in [2.75, 3.05) is 13.7 Å². The van der Waals surface area contributed by atoms with Crippen LogP contribution in [-0.2, 0) is 16.1 Å². The summed E-state index contributed by atoms with van der Waals surface area (Å²) in [7, 11) is 1.36. The first kappa shape index (κ1) is 27.0. The van der Waals surface area contributed by atoms with E-state index in [9.17, 15) is 14.0 Å². The van der Waals surface area contributed by atoms with Gasteiger partial charge in [0, 0.05) is 30.9 Å². The van der Waals surface area contributed by atoms with Gasteiger partial charge in [0.15, 0.2) is 0 Å². The number of rotatable bonds is 7. The summed E-state index contributed by atoms with van der Waals surface area (Å²) in [5, 5.41) is 0.844. The van der Waals surface area contributed by atoms with E-state index in [1.165, 1.54) is 19.2 Å². The van der Waals surface area contributed by atoms with Crippen molar-refractivity contribution in [3.05, 3.63) is 126 Å². The first-order chi connectivity index (χ1) is 20.4. The van der Waals surface area contributed by atoms with E-state index in [1.807, 2.05) is 72.9 Å². The Labute approximate surface area is 243 Å². The Balaban J connectivity index is 1.67. The molecule has 1 aromatic heterocycles. The molecule has 0 atom stereocenters. The fraction of sp³-hybridized carbons (Fsp3) is 0.143. The first-order valence-electron chi connectivity index (χ1n) is 13.7. The summed E-state index contributed by atoms with van der Waals surface area (Å²) in [6.45, 7) is 2.46. The fourth-order valence-corrected chi connectivity index (χ4v) is 5.51. The molecule has 1 aliphatic rings. The second kappa shape index (κ2) is 11.4. The van der Waals surface area contributed by atoms with Crippen LogP contribution in [0.15, 0.2) is 103 Å². The molecule has 1 amide bonds. The molecule has 0 saturated carbocycles. The van der Waals surface area contributed by atoms with Crippen LogP contribution in [0.1, 0.15) is 35.0 Å². The maximum atomic E-state index is 14.1. The molecule has 6 nitrogen and oxygen atoms in total. The monoisotopic (exact) mass is 560 g/mol. The van der Waals surface area contributed by atoms with Gasteiger partial charge in [-0.05, 0) is 71.7 Å². The Morgan fingerprint density at radius 1 is 0.905 bits per heavy atom. The molecule has 6 rings (SSSR count). The average Bonchev–Trinajstić information content (AvgIpc) is 3.64. The van der Waals surface area contributed by atoms with Gasteiger partial charge in [-0.3, -0.25) is 4.79 Å². The number of hydrogen-bond acceptors (Lipinski definition) is 4. The molecule has 0 spiro atoms. The molecule has 0 N–H and O–H groups in total. The number of ether oxygens (including phenoxy) is 2. The minimum absolute atomic E-state index is 0.0458. The molecule has 5 aromatic rings. The maximum absolute atomic E-state index is 14.1. The number of aromatic nitrogens is 1. The molecule has 0 unspecified atom stereocenters. The van der Waals surface area contributed by atoms with Gasteiger partial charge in [-0.2, -0.15) is 0 Å². The fourth-order valence-electron chi connectivity index (χ4n) is 5.51. The number of nitrogens with zero attached hydrogens (tertiary/aromatic N) is 2. The number of benzene rings is 4. The lowest BCUT2D eigenvalue weighted by atomic mass is 9.96. The predicted octanol–water partition coefficient (Wildman–Crippen LogP) is 7.40. The number of amides is 1. The molecule has 7 heteroatoms. The largest absolute Gasteiger partial charge is 0.488 e. The number of carbonyl (C=O) groups excluding carboxylic acids is 2. The Kier molecular flexibility index (Phi) is 7.32. The Hall–Kier alpha value is -5.17. The van der Waals surface area contributed by atoms with Crippen molar-refractivity contribution in [1.82, 2.24) is 9.47 Å². The number of carbonyl (C=O) groups is 2. The highest BCUT2D eigenvalue weighted by molar-refractivity contribution is 6.08. The summed E-state index contributed by atoms with van der Waals surface area (Å²) in [6, 6.07) is 29.4. The number of hydrogen-bond donors (Lipinski definition) is 0. The standard InChI is InChI=1S/C35H29FN2O4/c1-23(39)37-19-18-27(21-37)34-32(25-10-6-11-26(20-25)35(40)41-2)33-30(38(34)29-16-14-28(36)15-17-29)12-7-13-31(33)42-22-24-8-4-3-5-9-24/h3-17,20-21H,18-19,22H2,1-2H3. The zero-order valence-corrected chi connectivity index (χ0v) is 23.3. The van der Waals surface area contributed by atoms with E-state index in [0.29, 0.717) is 30.9 Å². The second-order valence-electron chi connectivity index (χ2n) is 10.1. The third-order valence-electron chi connectivity index (χ3n) is 7.49. The van der Waals surface area contributed by atoms with Crippen molar-refractivity contribution in [1.29, 1.82) is 0 Å². The van der Waals surface area contributed by atoms with Crippen LogP contribution in [0.5, 0.6) is 5.75 Å². The van der Waals surface area contributed by atoms with Gasteiger partial charge < -0.3 is 18.9 Å². The van der Waals surface area contributed by atoms with E-state index in [1.54, 1.807) is 30.0 Å².